The fraction of sp³-hybridized carbons (Fsp3) is 1.00. The van der Waals surface area contributed by atoms with E-state index in [0.717, 1.165) is 4.48 Å². The summed E-state index contributed by atoms with van der Waals surface area (Å²) in [7, 11) is 6.90. The molecular weight excluding hydrogens is 290 g/mol. The summed E-state index contributed by atoms with van der Waals surface area (Å²) < 4.78 is 1.12. The first-order valence-corrected chi connectivity index (χ1v) is 11.4. The first kappa shape index (κ1) is 24.0. The molecule has 24 heavy (non-hydrogen) atoms. The summed E-state index contributed by atoms with van der Waals surface area (Å²) in [6.07, 6.45) is 26.3. The van der Waals surface area contributed by atoms with Crippen LogP contribution in [-0.4, -0.2) is 32.2 Å². The van der Waals surface area contributed by atoms with Crippen molar-refractivity contribution in [1.29, 1.82) is 0 Å². The van der Waals surface area contributed by atoms with Gasteiger partial charge in [0.1, 0.15) is 0 Å². The molecular formula is C23H50N+. The maximum Gasteiger partial charge on any atom is 0.0780 e. The van der Waals surface area contributed by atoms with Gasteiger partial charge in [0.05, 0.1) is 27.7 Å². The molecule has 0 aliphatic carbocycles. The minimum absolute atomic E-state index is 1.12. The van der Waals surface area contributed by atoms with Crippen molar-refractivity contribution in [3.8, 4) is 0 Å². The quantitative estimate of drug-likeness (QED) is 0.167. The lowest BCUT2D eigenvalue weighted by atomic mass is 10.0. The van der Waals surface area contributed by atoms with Gasteiger partial charge in [0, 0.05) is 0 Å². The normalized spacial score (nSPS) is 12.0. The summed E-state index contributed by atoms with van der Waals surface area (Å²) in [5.41, 5.74) is 0. The molecule has 1 heteroatoms. The van der Waals surface area contributed by atoms with Gasteiger partial charge in [-0.05, 0) is 12.8 Å². The maximum absolute atomic E-state index is 2.30. The lowest BCUT2D eigenvalue weighted by Gasteiger charge is -2.23. The second kappa shape index (κ2) is 17.8. The van der Waals surface area contributed by atoms with Crippen LogP contribution in [-0.2, 0) is 0 Å². The predicted molar refractivity (Wildman–Crippen MR) is 112 cm³/mol. The van der Waals surface area contributed by atoms with Crippen LogP contribution >= 0.6 is 0 Å². The van der Waals surface area contributed by atoms with Crippen LogP contribution in [0.4, 0.5) is 0 Å². The van der Waals surface area contributed by atoms with E-state index in [1.54, 1.807) is 0 Å². The number of rotatable bonds is 19. The Hall–Kier alpha value is -0.0400. The third-order valence-electron chi connectivity index (χ3n) is 5.18. The number of nitrogens with zero attached hydrogens (tertiary/aromatic N) is 1. The molecule has 0 aromatic heterocycles. The van der Waals surface area contributed by atoms with Gasteiger partial charge in [0.2, 0.25) is 0 Å². The van der Waals surface area contributed by atoms with E-state index in [9.17, 15) is 0 Å². The highest BCUT2D eigenvalue weighted by Gasteiger charge is 2.04. The van der Waals surface area contributed by atoms with Gasteiger partial charge in [-0.1, -0.05) is 110 Å². The standard InChI is InChI=1S/C23H50N/c1-5-6-7-8-9-10-11-12-13-14-15-16-17-18-19-20-21-22-23-24(2,3)4/h5-23H2,1-4H3/q+1. The summed E-state index contributed by atoms with van der Waals surface area (Å²) in [6.45, 7) is 3.63. The van der Waals surface area contributed by atoms with Crippen LogP contribution in [0.3, 0.4) is 0 Å². The second-order valence-corrected chi connectivity index (χ2v) is 9.02. The molecule has 0 unspecified atom stereocenters. The lowest BCUT2D eigenvalue weighted by molar-refractivity contribution is -0.870. The third-order valence-corrected chi connectivity index (χ3v) is 5.18. The fourth-order valence-corrected chi connectivity index (χ4v) is 3.49. The highest BCUT2D eigenvalue weighted by molar-refractivity contribution is 4.50. The molecule has 0 aromatic rings. The Morgan fingerprint density at radius 3 is 0.875 bits per heavy atom. The molecule has 0 atom stereocenters. The minimum Gasteiger partial charge on any atom is -0.331 e. The molecule has 0 rings (SSSR count). The molecule has 0 saturated carbocycles. The average molecular weight is 341 g/mol. The SMILES string of the molecule is CCCCCCCCCCCCCCCCCCCC[N+](C)(C)C. The van der Waals surface area contributed by atoms with E-state index < -0.39 is 0 Å². The van der Waals surface area contributed by atoms with Gasteiger partial charge in [-0.2, -0.15) is 0 Å². The van der Waals surface area contributed by atoms with Gasteiger partial charge < -0.3 is 4.48 Å². The van der Waals surface area contributed by atoms with E-state index in [1.165, 1.54) is 122 Å². The van der Waals surface area contributed by atoms with Crippen molar-refractivity contribution in [2.45, 2.75) is 122 Å². The highest BCUT2D eigenvalue weighted by Crippen LogP contribution is 2.14. The second-order valence-electron chi connectivity index (χ2n) is 9.02. The summed E-state index contributed by atoms with van der Waals surface area (Å²) in [5.74, 6) is 0. The van der Waals surface area contributed by atoms with Crippen LogP contribution in [0.1, 0.15) is 122 Å². The zero-order chi connectivity index (χ0) is 17.9. The molecule has 0 aliphatic heterocycles. The fourth-order valence-electron chi connectivity index (χ4n) is 3.49. The van der Waals surface area contributed by atoms with Crippen LogP contribution in [0.5, 0.6) is 0 Å². The molecule has 0 aliphatic rings. The van der Waals surface area contributed by atoms with Gasteiger partial charge in [-0.15, -0.1) is 0 Å². The lowest BCUT2D eigenvalue weighted by Crippen LogP contribution is -2.35. The predicted octanol–water partition coefficient (Wildman–Crippen LogP) is 7.73. The van der Waals surface area contributed by atoms with E-state index in [2.05, 4.69) is 28.1 Å². The van der Waals surface area contributed by atoms with E-state index in [4.69, 9.17) is 0 Å². The van der Waals surface area contributed by atoms with Gasteiger partial charge in [-0.25, -0.2) is 0 Å². The number of hydrogen-bond acceptors (Lipinski definition) is 0. The van der Waals surface area contributed by atoms with Crippen molar-refractivity contribution in [1.82, 2.24) is 0 Å². The van der Waals surface area contributed by atoms with Crippen molar-refractivity contribution in [3.05, 3.63) is 0 Å². The molecule has 0 heterocycles. The first-order chi connectivity index (χ1) is 11.6. The Morgan fingerprint density at radius 2 is 0.625 bits per heavy atom. The highest BCUT2D eigenvalue weighted by atomic mass is 15.3. The molecule has 0 spiro atoms. The molecule has 0 fully saturated rings. The van der Waals surface area contributed by atoms with Crippen LogP contribution in [0.25, 0.3) is 0 Å². The van der Waals surface area contributed by atoms with E-state index in [-0.39, 0.29) is 0 Å². The van der Waals surface area contributed by atoms with Crippen LogP contribution in [0, 0.1) is 0 Å². The van der Waals surface area contributed by atoms with E-state index in [1.807, 2.05) is 0 Å². The van der Waals surface area contributed by atoms with Gasteiger partial charge in [0.25, 0.3) is 0 Å². The van der Waals surface area contributed by atoms with Crippen LogP contribution < -0.4 is 0 Å². The molecule has 1 nitrogen and oxygen atoms in total. The Kier molecular flexibility index (Phi) is 17.7. The molecule has 146 valence electrons. The van der Waals surface area contributed by atoms with Crippen molar-refractivity contribution < 1.29 is 4.48 Å². The van der Waals surface area contributed by atoms with E-state index in [0.29, 0.717) is 0 Å². The Balaban J connectivity index is 3.00. The number of unbranched alkanes of at least 4 members (excludes halogenated alkanes) is 17. The Bertz CT molecular complexity index is 229. The maximum atomic E-state index is 2.30. The Morgan fingerprint density at radius 1 is 0.375 bits per heavy atom. The molecule has 0 N–H and O–H groups in total. The zero-order valence-corrected chi connectivity index (χ0v) is 17.9. The zero-order valence-electron chi connectivity index (χ0n) is 17.9. The molecule has 0 amide bonds. The summed E-state index contributed by atoms with van der Waals surface area (Å²) >= 11 is 0. The minimum atomic E-state index is 1.12. The molecule has 0 radical (unpaired) electrons. The number of hydrogen-bond donors (Lipinski definition) is 0. The van der Waals surface area contributed by atoms with Gasteiger partial charge in [0.15, 0.2) is 0 Å². The largest absolute Gasteiger partial charge is 0.331 e. The Labute approximate surface area is 155 Å². The molecule has 0 saturated heterocycles. The molecule has 0 bridgehead atoms. The summed E-state index contributed by atoms with van der Waals surface area (Å²) in [5, 5.41) is 0. The third kappa shape index (κ3) is 22.0. The van der Waals surface area contributed by atoms with Crippen molar-refractivity contribution in [2.24, 2.45) is 0 Å². The smallest absolute Gasteiger partial charge is 0.0780 e. The van der Waals surface area contributed by atoms with Crippen LogP contribution in [0.2, 0.25) is 0 Å². The van der Waals surface area contributed by atoms with Gasteiger partial charge in [-0.3, -0.25) is 0 Å². The topological polar surface area (TPSA) is 0 Å². The number of quaternary nitrogens is 1. The van der Waals surface area contributed by atoms with E-state index >= 15 is 0 Å². The van der Waals surface area contributed by atoms with Crippen molar-refractivity contribution >= 4 is 0 Å². The summed E-state index contributed by atoms with van der Waals surface area (Å²) in [6, 6.07) is 0. The summed E-state index contributed by atoms with van der Waals surface area (Å²) in [4.78, 5) is 0. The average Bonchev–Trinajstić information content (AvgIpc) is 2.52. The first-order valence-electron chi connectivity index (χ1n) is 11.4. The van der Waals surface area contributed by atoms with Crippen LogP contribution in [0.15, 0.2) is 0 Å². The van der Waals surface area contributed by atoms with Gasteiger partial charge >= 0.3 is 0 Å². The molecule has 0 aromatic carbocycles. The van der Waals surface area contributed by atoms with Crippen molar-refractivity contribution in [3.63, 3.8) is 0 Å². The van der Waals surface area contributed by atoms with Crippen molar-refractivity contribution in [2.75, 3.05) is 27.7 Å². The monoisotopic (exact) mass is 340 g/mol.